The maximum absolute atomic E-state index is 13.4. The van der Waals surface area contributed by atoms with Crippen LogP contribution in [0.25, 0.3) is 6.08 Å². The van der Waals surface area contributed by atoms with Crippen molar-refractivity contribution in [3.05, 3.63) is 116 Å². The normalized spacial score (nSPS) is 14.2. The first kappa shape index (κ1) is 32.3. The SMILES string of the molecule is CC1CCc2c(sc(NC(=O)CSc3cccc(NC(=O)/C(=C\c4ccc(Cl)cc4Cl)NC(=O)c4ccccc4)c3)c2C#N)C1. The van der Waals surface area contributed by atoms with Crippen LogP contribution in [-0.4, -0.2) is 23.5 Å². The predicted molar refractivity (Wildman–Crippen MR) is 183 cm³/mol. The topological polar surface area (TPSA) is 111 Å². The molecule has 45 heavy (non-hydrogen) atoms. The van der Waals surface area contributed by atoms with Crippen LogP contribution < -0.4 is 16.0 Å². The Labute approximate surface area is 279 Å². The predicted octanol–water partition coefficient (Wildman–Crippen LogP) is 8.19. The van der Waals surface area contributed by atoms with E-state index in [1.54, 1.807) is 66.7 Å². The fraction of sp³-hybridized carbons (Fsp3) is 0.176. The smallest absolute Gasteiger partial charge is 0.272 e. The van der Waals surface area contributed by atoms with E-state index < -0.39 is 11.8 Å². The van der Waals surface area contributed by atoms with E-state index in [9.17, 15) is 19.6 Å². The quantitative estimate of drug-likeness (QED) is 0.122. The van der Waals surface area contributed by atoms with Gasteiger partial charge in [0.1, 0.15) is 16.8 Å². The summed E-state index contributed by atoms with van der Waals surface area (Å²) in [7, 11) is 0. The van der Waals surface area contributed by atoms with Gasteiger partial charge in [0.15, 0.2) is 0 Å². The number of benzene rings is 3. The maximum Gasteiger partial charge on any atom is 0.272 e. The van der Waals surface area contributed by atoms with Gasteiger partial charge in [0, 0.05) is 31.1 Å². The molecule has 0 fully saturated rings. The van der Waals surface area contributed by atoms with Crippen molar-refractivity contribution in [2.24, 2.45) is 5.92 Å². The van der Waals surface area contributed by atoms with E-state index in [4.69, 9.17) is 23.2 Å². The van der Waals surface area contributed by atoms with Crippen molar-refractivity contribution in [3.8, 4) is 6.07 Å². The lowest BCUT2D eigenvalue weighted by Crippen LogP contribution is -2.30. The molecule has 0 saturated heterocycles. The van der Waals surface area contributed by atoms with Crippen LogP contribution in [0.3, 0.4) is 0 Å². The molecule has 1 unspecified atom stereocenters. The Morgan fingerprint density at radius 3 is 2.60 bits per heavy atom. The second kappa shape index (κ2) is 14.8. The highest BCUT2D eigenvalue weighted by molar-refractivity contribution is 8.00. The van der Waals surface area contributed by atoms with Gasteiger partial charge in [-0.1, -0.05) is 60.5 Å². The summed E-state index contributed by atoms with van der Waals surface area (Å²) in [6.45, 7) is 2.20. The lowest BCUT2D eigenvalue weighted by atomic mass is 9.89. The first-order chi connectivity index (χ1) is 21.7. The lowest BCUT2D eigenvalue weighted by molar-refractivity contribution is -0.114. The van der Waals surface area contributed by atoms with Crippen LogP contribution >= 0.6 is 46.3 Å². The minimum Gasteiger partial charge on any atom is -0.321 e. The summed E-state index contributed by atoms with van der Waals surface area (Å²) in [4.78, 5) is 41.2. The second-order valence-electron chi connectivity index (χ2n) is 10.5. The number of nitrogens with zero attached hydrogens (tertiary/aromatic N) is 1. The van der Waals surface area contributed by atoms with Gasteiger partial charge in [0.25, 0.3) is 11.8 Å². The van der Waals surface area contributed by atoms with Gasteiger partial charge in [-0.25, -0.2) is 0 Å². The minimum atomic E-state index is -0.565. The molecule has 4 aromatic rings. The van der Waals surface area contributed by atoms with Crippen molar-refractivity contribution in [3.63, 3.8) is 0 Å². The van der Waals surface area contributed by atoms with E-state index in [1.807, 2.05) is 6.07 Å². The van der Waals surface area contributed by atoms with Crippen LogP contribution in [0.5, 0.6) is 0 Å². The Balaban J connectivity index is 1.27. The van der Waals surface area contributed by atoms with Gasteiger partial charge in [-0.05, 0) is 84.8 Å². The van der Waals surface area contributed by atoms with E-state index in [0.717, 1.165) is 29.7 Å². The number of hydrogen-bond donors (Lipinski definition) is 3. The van der Waals surface area contributed by atoms with Gasteiger partial charge in [0.2, 0.25) is 5.91 Å². The van der Waals surface area contributed by atoms with Gasteiger partial charge >= 0.3 is 0 Å². The molecule has 1 aliphatic carbocycles. The van der Waals surface area contributed by atoms with Crippen LogP contribution in [0.2, 0.25) is 10.0 Å². The molecule has 1 aromatic heterocycles. The third kappa shape index (κ3) is 8.35. The number of thioether (sulfide) groups is 1. The summed E-state index contributed by atoms with van der Waals surface area (Å²) in [5.41, 5.74) is 2.97. The first-order valence-corrected chi connectivity index (χ1v) is 16.7. The zero-order valence-electron chi connectivity index (χ0n) is 24.2. The van der Waals surface area contributed by atoms with Gasteiger partial charge in [-0.3, -0.25) is 14.4 Å². The van der Waals surface area contributed by atoms with Gasteiger partial charge in [0.05, 0.1) is 11.3 Å². The van der Waals surface area contributed by atoms with Crippen molar-refractivity contribution in [1.29, 1.82) is 5.26 Å². The van der Waals surface area contributed by atoms with Crippen molar-refractivity contribution in [1.82, 2.24) is 5.32 Å². The standard InChI is InChI=1S/C34H28Cl2N4O3S2/c1-20-10-13-26-27(18-37)34(45-30(26)14-20)40-31(41)19-44-25-9-5-8-24(17-25)38-33(43)29(15-22-11-12-23(35)16-28(22)36)39-32(42)21-6-3-2-4-7-21/h2-9,11-12,15-17,20H,10,13-14,19H2,1H3,(H,38,43)(H,39,42)(H,40,41)/b29-15+. The molecule has 3 amide bonds. The molecule has 228 valence electrons. The molecule has 0 radical (unpaired) electrons. The summed E-state index contributed by atoms with van der Waals surface area (Å²) in [6.07, 6.45) is 4.31. The second-order valence-corrected chi connectivity index (χ2v) is 13.5. The Kier molecular flexibility index (Phi) is 10.6. The highest BCUT2D eigenvalue weighted by atomic mass is 35.5. The van der Waals surface area contributed by atoms with Gasteiger partial charge in [-0.15, -0.1) is 23.1 Å². The molecule has 0 spiro atoms. The maximum atomic E-state index is 13.4. The zero-order chi connectivity index (χ0) is 31.9. The summed E-state index contributed by atoms with van der Waals surface area (Å²) < 4.78 is 0. The van der Waals surface area contributed by atoms with E-state index in [-0.39, 0.29) is 17.4 Å². The molecule has 0 saturated carbocycles. The molecule has 7 nitrogen and oxygen atoms in total. The molecule has 3 aromatic carbocycles. The Bertz CT molecular complexity index is 1830. The number of thiophene rings is 1. The number of hydrogen-bond acceptors (Lipinski definition) is 6. The average Bonchev–Trinajstić information content (AvgIpc) is 3.37. The summed E-state index contributed by atoms with van der Waals surface area (Å²) in [5, 5.41) is 19.5. The molecular formula is C34H28Cl2N4O3S2. The van der Waals surface area contributed by atoms with Crippen LogP contribution in [0.4, 0.5) is 10.7 Å². The van der Waals surface area contributed by atoms with E-state index in [0.29, 0.717) is 43.3 Å². The van der Waals surface area contributed by atoms with Crippen molar-refractivity contribution >= 4 is 80.8 Å². The highest BCUT2D eigenvalue weighted by Gasteiger charge is 2.24. The Hall–Kier alpha value is -4.07. The lowest BCUT2D eigenvalue weighted by Gasteiger charge is -2.17. The highest BCUT2D eigenvalue weighted by Crippen LogP contribution is 2.39. The Morgan fingerprint density at radius 1 is 1.04 bits per heavy atom. The minimum absolute atomic E-state index is 0.0214. The van der Waals surface area contributed by atoms with Crippen molar-refractivity contribution < 1.29 is 14.4 Å². The fourth-order valence-corrected chi connectivity index (χ4v) is 7.44. The van der Waals surface area contributed by atoms with Crippen LogP contribution in [0.1, 0.15) is 45.3 Å². The number of nitrogens with one attached hydrogen (secondary N) is 3. The molecule has 3 N–H and O–H groups in total. The summed E-state index contributed by atoms with van der Waals surface area (Å²) in [6, 6.07) is 22.7. The first-order valence-electron chi connectivity index (χ1n) is 14.1. The van der Waals surface area contributed by atoms with Crippen LogP contribution in [0, 0.1) is 17.2 Å². The molecule has 0 aliphatic heterocycles. The molecule has 1 atom stereocenters. The molecule has 5 rings (SSSR count). The number of amides is 3. The van der Waals surface area contributed by atoms with Gasteiger partial charge < -0.3 is 16.0 Å². The third-order valence-corrected chi connectivity index (χ3v) is 9.86. The Morgan fingerprint density at radius 2 is 1.84 bits per heavy atom. The number of carbonyl (C=O) groups excluding carboxylic acids is 3. The number of rotatable bonds is 9. The zero-order valence-corrected chi connectivity index (χ0v) is 27.3. The number of anilines is 2. The number of halogens is 2. The van der Waals surface area contributed by atoms with Crippen molar-refractivity contribution in [2.45, 2.75) is 31.1 Å². The molecule has 1 heterocycles. The average molecular weight is 676 g/mol. The van der Waals surface area contributed by atoms with Crippen LogP contribution in [-0.2, 0) is 22.4 Å². The van der Waals surface area contributed by atoms with Crippen LogP contribution in [0.15, 0.2) is 83.4 Å². The number of carbonyl (C=O) groups is 3. The summed E-state index contributed by atoms with van der Waals surface area (Å²) >= 11 is 15.2. The van der Waals surface area contributed by atoms with E-state index in [1.165, 1.54) is 34.1 Å². The molecule has 0 bridgehead atoms. The number of fused-ring (bicyclic) bond motifs is 1. The number of nitriles is 1. The molecular weight excluding hydrogens is 647 g/mol. The fourth-order valence-electron chi connectivity index (χ4n) is 4.85. The van der Waals surface area contributed by atoms with E-state index in [2.05, 4.69) is 28.9 Å². The monoisotopic (exact) mass is 674 g/mol. The molecule has 11 heteroatoms. The molecule has 1 aliphatic rings. The van der Waals surface area contributed by atoms with E-state index >= 15 is 0 Å². The van der Waals surface area contributed by atoms with Gasteiger partial charge in [-0.2, -0.15) is 5.26 Å². The summed E-state index contributed by atoms with van der Waals surface area (Å²) in [5.74, 6) is -0.555. The van der Waals surface area contributed by atoms with Crippen molar-refractivity contribution in [2.75, 3.05) is 16.4 Å². The third-order valence-electron chi connectivity index (χ3n) is 7.13. The largest absolute Gasteiger partial charge is 0.321 e.